The fraction of sp³-hybridized carbons (Fsp3) is 0.0833. The van der Waals surface area contributed by atoms with Crippen molar-refractivity contribution in [3.63, 3.8) is 0 Å². The molecule has 0 saturated carbocycles. The highest BCUT2D eigenvalue weighted by molar-refractivity contribution is 9.11. The number of hydrogen-bond donors (Lipinski definition) is 1. The summed E-state index contributed by atoms with van der Waals surface area (Å²) >= 11 is 4.35. The molecule has 21 heavy (non-hydrogen) atoms. The van der Waals surface area contributed by atoms with Gasteiger partial charge in [0.1, 0.15) is 4.21 Å². The van der Waals surface area contributed by atoms with E-state index in [-0.39, 0.29) is 4.21 Å². The van der Waals surface area contributed by atoms with E-state index in [1.54, 1.807) is 31.3 Å². The molecule has 3 aromatic rings. The number of benzene rings is 1. The Bertz CT molecular complexity index is 984. The average Bonchev–Trinajstić information content (AvgIpc) is 2.96. The van der Waals surface area contributed by atoms with Crippen LogP contribution in [0.25, 0.3) is 11.1 Å². The molecule has 2 heterocycles. The van der Waals surface area contributed by atoms with E-state index in [2.05, 4.69) is 20.7 Å². The van der Waals surface area contributed by atoms with Crippen LogP contribution in [-0.2, 0) is 17.1 Å². The number of oxazole rings is 1. The second-order valence-corrected chi connectivity index (χ2v) is 8.65. The quantitative estimate of drug-likeness (QED) is 0.747. The van der Waals surface area contributed by atoms with Gasteiger partial charge in [0.25, 0.3) is 10.0 Å². The lowest BCUT2D eigenvalue weighted by Gasteiger charge is -2.06. The molecular formula is C12H9BrN2O4S2. The van der Waals surface area contributed by atoms with Gasteiger partial charge in [-0.1, -0.05) is 0 Å². The Morgan fingerprint density at radius 2 is 2.05 bits per heavy atom. The van der Waals surface area contributed by atoms with Gasteiger partial charge >= 0.3 is 5.76 Å². The molecule has 0 aliphatic carbocycles. The van der Waals surface area contributed by atoms with Crippen LogP contribution in [0.2, 0.25) is 0 Å². The molecule has 0 aliphatic rings. The van der Waals surface area contributed by atoms with Crippen LogP contribution in [0.5, 0.6) is 0 Å². The molecule has 1 N–H and O–H groups in total. The molecule has 0 atom stereocenters. The van der Waals surface area contributed by atoms with E-state index in [1.165, 1.54) is 10.6 Å². The molecule has 1 aromatic carbocycles. The van der Waals surface area contributed by atoms with Crippen LogP contribution in [0.3, 0.4) is 0 Å². The first-order chi connectivity index (χ1) is 9.87. The second kappa shape index (κ2) is 5.00. The minimum atomic E-state index is -3.65. The Kier molecular flexibility index (Phi) is 3.42. The molecule has 0 saturated heterocycles. The third kappa shape index (κ3) is 2.63. The van der Waals surface area contributed by atoms with E-state index < -0.39 is 15.8 Å². The first-order valence-corrected chi connectivity index (χ1v) is 8.84. The molecule has 0 fully saturated rings. The van der Waals surface area contributed by atoms with E-state index >= 15 is 0 Å². The van der Waals surface area contributed by atoms with Gasteiger partial charge in [-0.25, -0.2) is 13.2 Å². The number of anilines is 1. The van der Waals surface area contributed by atoms with Crippen molar-refractivity contribution in [1.29, 1.82) is 0 Å². The van der Waals surface area contributed by atoms with E-state index in [0.717, 1.165) is 15.1 Å². The van der Waals surface area contributed by atoms with E-state index in [9.17, 15) is 13.2 Å². The molecule has 0 amide bonds. The minimum absolute atomic E-state index is 0.204. The summed E-state index contributed by atoms with van der Waals surface area (Å²) in [5.41, 5.74) is 1.29. The van der Waals surface area contributed by atoms with Gasteiger partial charge in [0.15, 0.2) is 5.58 Å². The van der Waals surface area contributed by atoms with E-state index in [4.69, 9.17) is 4.42 Å². The number of fused-ring (bicyclic) bond motifs is 1. The maximum Gasteiger partial charge on any atom is 0.419 e. The molecular weight excluding hydrogens is 380 g/mol. The Balaban J connectivity index is 2.01. The molecule has 110 valence electrons. The minimum Gasteiger partial charge on any atom is -0.408 e. The molecule has 3 rings (SSSR count). The van der Waals surface area contributed by atoms with Crippen molar-refractivity contribution in [3.05, 3.63) is 44.7 Å². The average molecular weight is 389 g/mol. The fourth-order valence-corrected chi connectivity index (χ4v) is 4.90. The maximum atomic E-state index is 12.2. The van der Waals surface area contributed by atoms with Crippen LogP contribution in [0, 0.1) is 0 Å². The summed E-state index contributed by atoms with van der Waals surface area (Å²) in [5.74, 6) is -0.493. The first kappa shape index (κ1) is 14.4. The standard InChI is InChI=1S/C12H9BrN2O4S2/c1-15-8-6-7(2-3-9(8)19-12(15)16)14-21(17,18)11-5-4-10(13)20-11/h2-6,14H,1H3. The molecule has 0 bridgehead atoms. The second-order valence-electron chi connectivity index (χ2n) is 4.27. The van der Waals surface area contributed by atoms with Gasteiger partial charge in [-0.15, -0.1) is 11.3 Å². The molecule has 6 nitrogen and oxygen atoms in total. The molecule has 0 radical (unpaired) electrons. The summed E-state index contributed by atoms with van der Waals surface area (Å²) in [5, 5.41) is 0. The Hall–Kier alpha value is -1.58. The lowest BCUT2D eigenvalue weighted by molar-refractivity contribution is 0.528. The maximum absolute atomic E-state index is 12.2. The van der Waals surface area contributed by atoms with Crippen molar-refractivity contribution in [2.45, 2.75) is 4.21 Å². The molecule has 0 spiro atoms. The van der Waals surface area contributed by atoms with Gasteiger partial charge in [-0.3, -0.25) is 9.29 Å². The zero-order valence-electron chi connectivity index (χ0n) is 10.7. The first-order valence-electron chi connectivity index (χ1n) is 5.74. The van der Waals surface area contributed by atoms with Crippen LogP contribution in [0.15, 0.2) is 47.5 Å². The topological polar surface area (TPSA) is 81.3 Å². The van der Waals surface area contributed by atoms with Crippen LogP contribution in [0.4, 0.5) is 5.69 Å². The number of nitrogens with one attached hydrogen (secondary N) is 1. The highest BCUT2D eigenvalue weighted by Gasteiger charge is 2.17. The lowest BCUT2D eigenvalue weighted by Crippen LogP contribution is -2.12. The van der Waals surface area contributed by atoms with Crippen molar-refractivity contribution in [1.82, 2.24) is 4.57 Å². The monoisotopic (exact) mass is 388 g/mol. The normalized spacial score (nSPS) is 11.9. The van der Waals surface area contributed by atoms with Gasteiger partial charge in [0.05, 0.1) is 15.0 Å². The van der Waals surface area contributed by atoms with Gasteiger partial charge in [-0.2, -0.15) is 0 Å². The molecule has 2 aromatic heterocycles. The van der Waals surface area contributed by atoms with E-state index in [0.29, 0.717) is 16.8 Å². The SMILES string of the molecule is Cn1c(=O)oc2ccc(NS(=O)(=O)c3ccc(Br)s3)cc21. The van der Waals surface area contributed by atoms with Crippen molar-refractivity contribution in [3.8, 4) is 0 Å². The summed E-state index contributed by atoms with van der Waals surface area (Å²) in [7, 11) is -2.09. The van der Waals surface area contributed by atoms with Gasteiger partial charge in [0, 0.05) is 7.05 Å². The van der Waals surface area contributed by atoms with Crippen LogP contribution in [0.1, 0.15) is 0 Å². The van der Waals surface area contributed by atoms with E-state index in [1.807, 2.05) is 0 Å². The summed E-state index contributed by atoms with van der Waals surface area (Å²) in [6, 6.07) is 7.84. The van der Waals surface area contributed by atoms with Crippen LogP contribution >= 0.6 is 27.3 Å². The summed E-state index contributed by atoms with van der Waals surface area (Å²) < 4.78 is 34.2. The predicted molar refractivity (Wildman–Crippen MR) is 84.3 cm³/mol. The number of sulfonamides is 1. The van der Waals surface area contributed by atoms with Crippen LogP contribution in [-0.4, -0.2) is 13.0 Å². The van der Waals surface area contributed by atoms with Gasteiger partial charge in [-0.05, 0) is 46.3 Å². The number of rotatable bonds is 3. The largest absolute Gasteiger partial charge is 0.419 e. The number of aryl methyl sites for hydroxylation is 1. The van der Waals surface area contributed by atoms with Crippen LogP contribution < -0.4 is 10.5 Å². The molecule has 9 heteroatoms. The third-order valence-corrected chi connectivity index (χ3v) is 6.35. The summed E-state index contributed by atoms with van der Waals surface area (Å²) in [6.07, 6.45) is 0. The van der Waals surface area contributed by atoms with Crippen molar-refractivity contribution in [2.75, 3.05) is 4.72 Å². The fourth-order valence-electron chi connectivity index (χ4n) is 1.84. The van der Waals surface area contributed by atoms with Crippen molar-refractivity contribution in [2.24, 2.45) is 7.05 Å². The third-order valence-electron chi connectivity index (χ3n) is 2.86. The smallest absolute Gasteiger partial charge is 0.408 e. The Labute approximate surface area is 132 Å². The number of halogens is 1. The van der Waals surface area contributed by atoms with Gasteiger partial charge in [0.2, 0.25) is 0 Å². The Morgan fingerprint density at radius 1 is 1.29 bits per heavy atom. The zero-order valence-corrected chi connectivity index (χ0v) is 13.9. The van der Waals surface area contributed by atoms with Gasteiger partial charge < -0.3 is 4.42 Å². The lowest BCUT2D eigenvalue weighted by atomic mass is 10.3. The highest BCUT2D eigenvalue weighted by Crippen LogP contribution is 2.28. The summed E-state index contributed by atoms with van der Waals surface area (Å²) in [6.45, 7) is 0. The Morgan fingerprint density at radius 3 is 2.71 bits per heavy atom. The van der Waals surface area contributed by atoms with Crippen molar-refractivity contribution >= 4 is 54.1 Å². The number of thiophene rings is 1. The summed E-state index contributed by atoms with van der Waals surface area (Å²) in [4.78, 5) is 11.4. The molecule has 0 unspecified atom stereocenters. The highest BCUT2D eigenvalue weighted by atomic mass is 79.9. The van der Waals surface area contributed by atoms with Crippen molar-refractivity contribution < 1.29 is 12.8 Å². The predicted octanol–water partition coefficient (Wildman–Crippen LogP) is 2.76. The number of aromatic nitrogens is 1. The molecule has 0 aliphatic heterocycles. The zero-order chi connectivity index (χ0) is 15.2. The number of hydrogen-bond acceptors (Lipinski definition) is 5. The number of nitrogens with zero attached hydrogens (tertiary/aromatic N) is 1.